The number of nitrogens with zero attached hydrogens (tertiary/aromatic N) is 4. The topological polar surface area (TPSA) is 112 Å². The van der Waals surface area contributed by atoms with Gasteiger partial charge in [-0.3, -0.25) is 9.78 Å². The molecule has 1 fully saturated rings. The second-order valence-corrected chi connectivity index (χ2v) is 8.52. The lowest BCUT2D eigenvalue weighted by Crippen LogP contribution is -2.27. The van der Waals surface area contributed by atoms with Crippen LogP contribution in [0.5, 0.6) is 0 Å². The summed E-state index contributed by atoms with van der Waals surface area (Å²) in [7, 11) is 0. The molecule has 7 nitrogen and oxygen atoms in total. The zero-order valence-electron chi connectivity index (χ0n) is 18.0. The van der Waals surface area contributed by atoms with E-state index < -0.39 is 0 Å². The van der Waals surface area contributed by atoms with Crippen molar-refractivity contribution in [3.05, 3.63) is 66.1 Å². The predicted octanol–water partition coefficient (Wildman–Crippen LogP) is 4.23. The van der Waals surface area contributed by atoms with Gasteiger partial charge in [-0.25, -0.2) is 4.98 Å². The number of hydrogen-bond donors (Lipinski definition) is 2. The highest BCUT2D eigenvalue weighted by Crippen LogP contribution is 2.37. The summed E-state index contributed by atoms with van der Waals surface area (Å²) in [6, 6.07) is 14.3. The number of fused-ring (bicyclic) bond motifs is 1. The van der Waals surface area contributed by atoms with Crippen LogP contribution in [0.2, 0.25) is 0 Å². The Labute approximate surface area is 186 Å². The van der Waals surface area contributed by atoms with Gasteiger partial charge in [0.15, 0.2) is 11.4 Å². The first-order valence-electron chi connectivity index (χ1n) is 11.0. The molecule has 0 saturated heterocycles. The molecule has 4 aromatic rings. The normalized spacial score (nSPS) is 18.7. The third-order valence-electron chi connectivity index (χ3n) is 6.37. The van der Waals surface area contributed by atoms with E-state index >= 15 is 0 Å². The van der Waals surface area contributed by atoms with Gasteiger partial charge in [-0.15, -0.1) is 0 Å². The van der Waals surface area contributed by atoms with E-state index in [2.05, 4.69) is 10.1 Å². The van der Waals surface area contributed by atoms with Crippen LogP contribution in [-0.2, 0) is 0 Å². The van der Waals surface area contributed by atoms with Gasteiger partial charge in [-0.2, -0.15) is 9.61 Å². The van der Waals surface area contributed by atoms with Crippen molar-refractivity contribution >= 4 is 17.2 Å². The molecule has 0 spiro atoms. The van der Waals surface area contributed by atoms with Crippen LogP contribution in [0.1, 0.15) is 54.6 Å². The van der Waals surface area contributed by atoms with Gasteiger partial charge in [0.1, 0.15) is 5.82 Å². The number of carbonyl (C=O) groups excluding carboxylic acids is 1. The van der Waals surface area contributed by atoms with Crippen LogP contribution < -0.4 is 11.5 Å². The molecule has 5 rings (SSSR count). The Morgan fingerprint density at radius 2 is 1.75 bits per heavy atom. The van der Waals surface area contributed by atoms with Crippen molar-refractivity contribution in [2.75, 3.05) is 5.73 Å². The summed E-state index contributed by atoms with van der Waals surface area (Å²) in [6.07, 6.45) is 7.22. The molecule has 0 radical (unpaired) electrons. The zero-order chi connectivity index (χ0) is 22.2. The zero-order valence-corrected chi connectivity index (χ0v) is 18.0. The first kappa shape index (κ1) is 20.3. The van der Waals surface area contributed by atoms with Gasteiger partial charge in [0.05, 0.1) is 23.1 Å². The number of aromatic nitrogens is 4. The fourth-order valence-electron chi connectivity index (χ4n) is 4.62. The fourth-order valence-corrected chi connectivity index (χ4v) is 4.62. The van der Waals surface area contributed by atoms with Crippen LogP contribution in [0.3, 0.4) is 0 Å². The molecule has 0 aliphatic heterocycles. The maximum absolute atomic E-state index is 12.5. The average Bonchev–Trinajstić information content (AvgIpc) is 3.24. The van der Waals surface area contributed by atoms with Crippen molar-refractivity contribution in [1.29, 1.82) is 0 Å². The third kappa shape index (κ3) is 3.54. The minimum Gasteiger partial charge on any atom is -0.383 e. The number of pyridine rings is 1. The van der Waals surface area contributed by atoms with E-state index in [1.807, 2.05) is 48.7 Å². The van der Waals surface area contributed by atoms with Crippen LogP contribution in [0.4, 0.5) is 5.82 Å². The molecule has 1 aromatic carbocycles. The summed E-state index contributed by atoms with van der Waals surface area (Å²) in [6.45, 7) is 1.54. The Balaban J connectivity index is 1.60. The van der Waals surface area contributed by atoms with E-state index in [9.17, 15) is 4.79 Å². The number of ketones is 1. The van der Waals surface area contributed by atoms with E-state index in [-0.39, 0.29) is 17.7 Å². The monoisotopic (exact) mass is 426 g/mol. The predicted molar refractivity (Wildman–Crippen MR) is 125 cm³/mol. The number of rotatable bonds is 4. The van der Waals surface area contributed by atoms with Crippen molar-refractivity contribution in [1.82, 2.24) is 19.6 Å². The van der Waals surface area contributed by atoms with E-state index in [1.165, 1.54) is 6.92 Å². The van der Waals surface area contributed by atoms with Crippen molar-refractivity contribution in [3.63, 3.8) is 0 Å². The summed E-state index contributed by atoms with van der Waals surface area (Å²) in [5, 5.41) is 4.45. The molecule has 162 valence electrons. The number of anilines is 1. The van der Waals surface area contributed by atoms with Crippen LogP contribution in [0, 0.1) is 0 Å². The molecule has 1 aliphatic rings. The lowest BCUT2D eigenvalue weighted by atomic mass is 9.82. The molecule has 0 unspecified atom stereocenters. The van der Waals surface area contributed by atoms with Crippen LogP contribution >= 0.6 is 0 Å². The maximum Gasteiger partial charge on any atom is 0.165 e. The molecule has 1 saturated carbocycles. The molecular weight excluding hydrogens is 400 g/mol. The Morgan fingerprint density at radius 1 is 1.00 bits per heavy atom. The first-order chi connectivity index (χ1) is 15.5. The number of carbonyl (C=O) groups is 1. The van der Waals surface area contributed by atoms with Gasteiger partial charge >= 0.3 is 0 Å². The highest BCUT2D eigenvalue weighted by atomic mass is 16.1. The van der Waals surface area contributed by atoms with Gasteiger partial charge < -0.3 is 11.5 Å². The van der Waals surface area contributed by atoms with E-state index in [1.54, 1.807) is 10.7 Å². The number of nitrogen functional groups attached to an aromatic ring is 1. The van der Waals surface area contributed by atoms with Gasteiger partial charge in [0, 0.05) is 34.8 Å². The third-order valence-corrected chi connectivity index (χ3v) is 6.37. The summed E-state index contributed by atoms with van der Waals surface area (Å²) < 4.78 is 1.56. The summed E-state index contributed by atoms with van der Waals surface area (Å²) >= 11 is 0. The van der Waals surface area contributed by atoms with E-state index in [4.69, 9.17) is 16.5 Å². The SMILES string of the molecule is CC(=O)c1c(C2CCC(N)CC2)nc2c(-c3ccc(-c4ccccc4)nc3)cnn2c1N. The Hall–Kier alpha value is -3.58. The number of nitrogens with two attached hydrogens (primary N) is 2. The molecule has 0 bridgehead atoms. The summed E-state index contributed by atoms with van der Waals surface area (Å²) in [5.41, 5.74) is 18.1. The molecular formula is C25H26N6O. The molecule has 32 heavy (non-hydrogen) atoms. The molecule has 0 atom stereocenters. The highest BCUT2D eigenvalue weighted by Gasteiger charge is 2.28. The quantitative estimate of drug-likeness (QED) is 0.472. The lowest BCUT2D eigenvalue weighted by molar-refractivity contribution is 0.101. The lowest BCUT2D eigenvalue weighted by Gasteiger charge is -2.27. The smallest absolute Gasteiger partial charge is 0.165 e. The average molecular weight is 427 g/mol. The van der Waals surface area contributed by atoms with Crippen molar-refractivity contribution < 1.29 is 4.79 Å². The molecule has 4 N–H and O–H groups in total. The summed E-state index contributed by atoms with van der Waals surface area (Å²) in [5.74, 6) is 0.419. The summed E-state index contributed by atoms with van der Waals surface area (Å²) in [4.78, 5) is 22.1. The second-order valence-electron chi connectivity index (χ2n) is 8.52. The van der Waals surface area contributed by atoms with Gasteiger partial charge in [-0.1, -0.05) is 36.4 Å². The van der Waals surface area contributed by atoms with Gasteiger partial charge in [0.25, 0.3) is 0 Å². The first-order valence-corrected chi connectivity index (χ1v) is 11.0. The van der Waals surface area contributed by atoms with Crippen LogP contribution in [-0.4, -0.2) is 31.4 Å². The Kier molecular flexibility index (Phi) is 5.19. The van der Waals surface area contributed by atoms with Crippen molar-refractivity contribution in [2.24, 2.45) is 5.73 Å². The minimum atomic E-state index is -0.0901. The van der Waals surface area contributed by atoms with Crippen LogP contribution in [0.25, 0.3) is 28.0 Å². The van der Waals surface area contributed by atoms with Crippen molar-refractivity contribution in [3.8, 4) is 22.4 Å². The number of hydrogen-bond acceptors (Lipinski definition) is 6. The Morgan fingerprint density at radius 3 is 2.41 bits per heavy atom. The Bertz CT molecular complexity index is 1270. The van der Waals surface area contributed by atoms with Gasteiger partial charge in [-0.05, 0) is 38.7 Å². The van der Waals surface area contributed by atoms with Crippen LogP contribution in [0.15, 0.2) is 54.9 Å². The van der Waals surface area contributed by atoms with Gasteiger partial charge in [0.2, 0.25) is 0 Å². The number of Topliss-reactive ketones (excluding diaryl/α,β-unsaturated/α-hetero) is 1. The fraction of sp³-hybridized carbons (Fsp3) is 0.280. The highest BCUT2D eigenvalue weighted by molar-refractivity contribution is 6.00. The molecule has 3 heterocycles. The molecule has 3 aromatic heterocycles. The van der Waals surface area contributed by atoms with Crippen molar-refractivity contribution in [2.45, 2.75) is 44.6 Å². The molecule has 1 aliphatic carbocycles. The van der Waals surface area contributed by atoms with E-state index in [0.29, 0.717) is 17.0 Å². The standard InChI is InChI=1S/C25H26N6O/c1-15(32)22-23(17-7-10-19(26)11-8-17)30-25-20(14-29-31(25)24(22)27)18-9-12-21(28-13-18)16-5-3-2-4-6-16/h2-6,9,12-14,17,19H,7-8,10-11,26-27H2,1H3. The molecule has 7 heteroatoms. The largest absolute Gasteiger partial charge is 0.383 e. The number of benzene rings is 1. The minimum absolute atomic E-state index is 0.0901. The maximum atomic E-state index is 12.5. The second kappa shape index (κ2) is 8.16. The molecule has 0 amide bonds. The van der Waals surface area contributed by atoms with E-state index in [0.717, 1.165) is 53.8 Å².